The number of methoxy groups -OCH3 is 1. The first-order valence-electron chi connectivity index (χ1n) is 15.5. The molecule has 18 heteroatoms. The van der Waals surface area contributed by atoms with E-state index in [1.807, 2.05) is 37.9 Å². The summed E-state index contributed by atoms with van der Waals surface area (Å²) in [5.41, 5.74) is 1.14. The third-order valence-electron chi connectivity index (χ3n) is 8.58. The van der Waals surface area contributed by atoms with Crippen LogP contribution < -0.4 is 25.0 Å². The van der Waals surface area contributed by atoms with Gasteiger partial charge in [0.05, 0.1) is 30.2 Å². The number of carbonyl (C=O) groups is 3. The van der Waals surface area contributed by atoms with Crippen molar-refractivity contribution in [3.63, 3.8) is 0 Å². The molecule has 2 aliphatic carbocycles. The Morgan fingerprint density at radius 3 is 2.40 bits per heavy atom. The number of carbonyl (C=O) groups excluding carboxylic acids is 3. The van der Waals surface area contributed by atoms with Gasteiger partial charge in [0.15, 0.2) is 0 Å². The van der Waals surface area contributed by atoms with E-state index in [1.54, 1.807) is 26.2 Å². The van der Waals surface area contributed by atoms with Crippen LogP contribution in [0.25, 0.3) is 10.9 Å². The maximum absolute atomic E-state index is 13.6. The van der Waals surface area contributed by atoms with Crippen LogP contribution in [0.4, 0.5) is 0 Å². The number of aromatic nitrogens is 2. The molecule has 1 aromatic heterocycles. The molecular formula is C30H44N6O10SY. The first kappa shape index (κ1) is 39.9. The van der Waals surface area contributed by atoms with Crippen LogP contribution >= 0.6 is 0 Å². The van der Waals surface area contributed by atoms with Crippen molar-refractivity contribution >= 4 is 38.9 Å². The molecule has 2 saturated carbocycles. The summed E-state index contributed by atoms with van der Waals surface area (Å²) in [6, 6.07) is 2.63. The Hall–Kier alpha value is -2.54. The van der Waals surface area contributed by atoms with E-state index in [2.05, 4.69) is 15.3 Å². The molecule has 0 spiro atoms. The van der Waals surface area contributed by atoms with Gasteiger partial charge in [0.25, 0.3) is 5.91 Å². The summed E-state index contributed by atoms with van der Waals surface area (Å²) < 4.78 is 43.5. The van der Waals surface area contributed by atoms with E-state index < -0.39 is 57.9 Å². The SMILES string of the molecule is CC(C)NO.CCC1C[C@]1(NC(=O)C1C[C@@H](Oc2ncnc3c(C)c(OC)ccc23)CN1C(=O)CO)C(=O)NS(=O)(=O)OC1(C)CC1.[Y]. The Morgan fingerprint density at radius 1 is 1.19 bits per heavy atom. The molecule has 3 aliphatic rings. The van der Waals surface area contributed by atoms with Crippen molar-refractivity contribution in [2.24, 2.45) is 5.92 Å². The molecule has 48 heavy (non-hydrogen) atoms. The number of hydrogen-bond donors (Lipinski definition) is 5. The maximum atomic E-state index is 13.6. The second kappa shape index (κ2) is 16.0. The summed E-state index contributed by atoms with van der Waals surface area (Å²) in [5, 5.41) is 20.8. The minimum atomic E-state index is -4.39. The number of hydrogen-bond acceptors (Lipinski definition) is 13. The number of likely N-dealkylation sites (tertiary alicyclic amines) is 1. The first-order chi connectivity index (χ1) is 22.1. The number of aliphatic hydroxyl groups is 1. The Balaban J connectivity index is 0.000000970. The number of fused-ring (bicyclic) bond motifs is 1. The number of ether oxygens (including phenoxy) is 2. The van der Waals surface area contributed by atoms with E-state index in [4.69, 9.17) is 18.9 Å². The summed E-state index contributed by atoms with van der Waals surface area (Å²) in [5.74, 6) is -1.65. The smallest absolute Gasteiger partial charge is 0.362 e. The van der Waals surface area contributed by atoms with E-state index in [9.17, 15) is 27.9 Å². The second-order valence-corrected chi connectivity index (χ2v) is 13.9. The molecule has 1 aliphatic heterocycles. The van der Waals surface area contributed by atoms with Gasteiger partial charge in [-0.3, -0.25) is 14.4 Å². The van der Waals surface area contributed by atoms with Crippen LogP contribution in [-0.2, 0) is 61.6 Å². The normalized spacial score (nSPS) is 23.8. The van der Waals surface area contributed by atoms with Gasteiger partial charge in [-0.05, 0) is 65.0 Å². The Kier molecular flexibility index (Phi) is 13.3. The predicted molar refractivity (Wildman–Crippen MR) is 168 cm³/mol. The fourth-order valence-corrected chi connectivity index (χ4v) is 6.71. The largest absolute Gasteiger partial charge is 0.496 e. The summed E-state index contributed by atoms with van der Waals surface area (Å²) in [6.07, 6.45) is 2.57. The van der Waals surface area contributed by atoms with Crippen LogP contribution in [0.1, 0.15) is 65.4 Å². The molecule has 2 heterocycles. The fraction of sp³-hybridized carbons (Fsp3) is 0.633. The molecule has 4 atom stereocenters. The van der Waals surface area contributed by atoms with Gasteiger partial charge in [0, 0.05) is 50.7 Å². The van der Waals surface area contributed by atoms with Crippen molar-refractivity contribution in [1.82, 2.24) is 30.4 Å². The Morgan fingerprint density at radius 2 is 1.85 bits per heavy atom. The van der Waals surface area contributed by atoms with E-state index >= 15 is 0 Å². The molecule has 1 aromatic carbocycles. The topological polar surface area (TPSA) is 219 Å². The van der Waals surface area contributed by atoms with Gasteiger partial charge < -0.3 is 30.0 Å². The monoisotopic (exact) mass is 769 g/mol. The molecule has 2 unspecified atom stereocenters. The minimum Gasteiger partial charge on any atom is -0.496 e. The zero-order valence-electron chi connectivity index (χ0n) is 28.0. The molecule has 5 N–H and O–H groups in total. The van der Waals surface area contributed by atoms with Crippen LogP contribution in [0.3, 0.4) is 0 Å². The molecule has 16 nitrogen and oxygen atoms in total. The standard InChI is InChI=1S/C27H35N5O9S.C3H9NO.Y/c1-5-16-11-27(16,25(36)31-42(37,38)41-26(3)8-9-26)30-23(35)19-10-17(12-32(19)21(34)13-33)40-24-18-6-7-20(39-4)15(2)22(18)28-14-29-24;1-3(2)4-5;/h6-7,14,16-17,19,33H,5,8-13H2,1-4H3,(H,30,35)(H,31,36);3-5H,1-2H3;/t16?,17-,19?,27-;;/m1../s1. The zero-order valence-corrected chi connectivity index (χ0v) is 31.6. The van der Waals surface area contributed by atoms with Gasteiger partial charge in [-0.25, -0.2) is 24.4 Å². The number of nitrogens with zero attached hydrogens (tertiary/aromatic N) is 3. The van der Waals surface area contributed by atoms with Crippen LogP contribution in [-0.4, -0.2) is 101 Å². The van der Waals surface area contributed by atoms with E-state index in [-0.39, 0.29) is 69.9 Å². The Labute approximate surface area is 305 Å². The summed E-state index contributed by atoms with van der Waals surface area (Å²) in [7, 11) is -2.83. The Bertz CT molecular complexity index is 1610. The van der Waals surface area contributed by atoms with Crippen LogP contribution in [0.15, 0.2) is 18.5 Å². The van der Waals surface area contributed by atoms with Crippen LogP contribution in [0.2, 0.25) is 0 Å². The average molecular weight is 770 g/mol. The van der Waals surface area contributed by atoms with Crippen molar-refractivity contribution < 1.29 is 79.5 Å². The van der Waals surface area contributed by atoms with Gasteiger partial charge in [0.2, 0.25) is 17.7 Å². The van der Waals surface area contributed by atoms with Crippen LogP contribution in [0.5, 0.6) is 11.6 Å². The van der Waals surface area contributed by atoms with E-state index in [0.29, 0.717) is 35.9 Å². The van der Waals surface area contributed by atoms with Gasteiger partial charge >= 0.3 is 10.3 Å². The number of amides is 3. The van der Waals surface area contributed by atoms with E-state index in [1.165, 1.54) is 11.2 Å². The number of rotatable bonds is 12. The summed E-state index contributed by atoms with van der Waals surface area (Å²) in [6.45, 7) is 8.19. The van der Waals surface area contributed by atoms with Crippen molar-refractivity contribution in [1.29, 1.82) is 0 Å². The number of benzene rings is 1. The minimum absolute atomic E-state index is 0. The van der Waals surface area contributed by atoms with Gasteiger partial charge in [-0.2, -0.15) is 8.42 Å². The number of aryl methyl sites for hydroxylation is 1. The van der Waals surface area contributed by atoms with Gasteiger partial charge in [0.1, 0.15) is 36.4 Å². The average Bonchev–Trinajstić information content (AvgIpc) is 3.89. The molecule has 2 aromatic rings. The summed E-state index contributed by atoms with van der Waals surface area (Å²) in [4.78, 5) is 49.2. The molecule has 0 bridgehead atoms. The number of nitrogens with one attached hydrogen (secondary N) is 3. The predicted octanol–water partition coefficient (Wildman–Crippen LogP) is 0.874. The second-order valence-electron chi connectivity index (χ2n) is 12.6. The molecule has 1 radical (unpaired) electrons. The molecule has 5 rings (SSSR count). The molecule has 3 fully saturated rings. The van der Waals surface area contributed by atoms with Gasteiger partial charge in [-0.1, -0.05) is 13.3 Å². The van der Waals surface area contributed by atoms with Crippen molar-refractivity contribution in [2.45, 2.75) is 96.1 Å². The fourth-order valence-electron chi connectivity index (χ4n) is 5.56. The molecule has 3 amide bonds. The zero-order chi connectivity index (χ0) is 34.7. The number of aliphatic hydroxyl groups excluding tert-OH is 1. The molecule has 1 saturated heterocycles. The molecular weight excluding hydrogens is 725 g/mol. The van der Waals surface area contributed by atoms with Crippen molar-refractivity contribution in [2.75, 3.05) is 20.3 Å². The third kappa shape index (κ3) is 9.17. The van der Waals surface area contributed by atoms with Crippen molar-refractivity contribution in [3.8, 4) is 11.6 Å². The first-order valence-corrected chi connectivity index (χ1v) is 16.9. The summed E-state index contributed by atoms with van der Waals surface area (Å²) >= 11 is 0. The van der Waals surface area contributed by atoms with Crippen LogP contribution in [0, 0.1) is 12.8 Å². The quantitative estimate of drug-likeness (QED) is 0.190. The van der Waals surface area contributed by atoms with E-state index in [0.717, 1.165) is 5.56 Å². The van der Waals surface area contributed by atoms with Crippen molar-refractivity contribution in [3.05, 3.63) is 24.0 Å². The number of hydroxylamine groups is 1. The van der Waals surface area contributed by atoms with Gasteiger partial charge in [-0.15, -0.1) is 0 Å². The molecule has 263 valence electrons. The third-order valence-corrected chi connectivity index (χ3v) is 9.64. The maximum Gasteiger partial charge on any atom is 0.362 e.